The summed E-state index contributed by atoms with van der Waals surface area (Å²) < 4.78 is 28.8. The monoisotopic (exact) mass is 251 g/mol. The molecule has 1 saturated carbocycles. The molecule has 1 unspecified atom stereocenters. The van der Waals surface area contributed by atoms with Crippen LogP contribution in [-0.2, 0) is 17.3 Å². The fraction of sp³-hybridized carbons (Fsp3) is 0.308. The maximum atomic E-state index is 13.5. The van der Waals surface area contributed by atoms with Gasteiger partial charge in [0.15, 0.2) is 5.41 Å². The van der Waals surface area contributed by atoms with Gasteiger partial charge in [0.2, 0.25) is 0 Å². The molecule has 94 valence electrons. The minimum atomic E-state index is -3.16. The molecule has 3 rings (SSSR count). The Morgan fingerprint density at radius 2 is 2.00 bits per heavy atom. The average Bonchev–Trinajstić information content (AvgIpc) is 2.74. The fourth-order valence-corrected chi connectivity index (χ4v) is 2.61. The van der Waals surface area contributed by atoms with E-state index in [0.29, 0.717) is 5.39 Å². The van der Waals surface area contributed by atoms with E-state index in [4.69, 9.17) is 0 Å². The number of fused-ring (bicyclic) bond motifs is 1. The van der Waals surface area contributed by atoms with Crippen molar-refractivity contribution >= 4 is 16.9 Å². The molecule has 0 saturated heterocycles. The Morgan fingerprint density at radius 3 is 2.56 bits per heavy atom. The minimum absolute atomic E-state index is 0.207. The van der Waals surface area contributed by atoms with Crippen molar-refractivity contribution in [1.29, 1.82) is 0 Å². The van der Waals surface area contributed by atoms with Gasteiger partial charge in [-0.15, -0.1) is 0 Å². The van der Waals surface area contributed by atoms with Crippen molar-refractivity contribution in [2.75, 3.05) is 0 Å². The molecular formula is C13H11F2NO2. The highest BCUT2D eigenvalue weighted by atomic mass is 19.3. The first-order chi connectivity index (χ1) is 8.40. The fourth-order valence-electron chi connectivity index (χ4n) is 2.61. The summed E-state index contributed by atoms with van der Waals surface area (Å²) in [6, 6.07) is 6.99. The van der Waals surface area contributed by atoms with Crippen LogP contribution in [0.25, 0.3) is 10.9 Å². The second-order valence-electron chi connectivity index (χ2n) is 4.76. The molecular weight excluding hydrogens is 240 g/mol. The number of halogens is 2. The first-order valence-electron chi connectivity index (χ1n) is 5.56. The zero-order valence-electron chi connectivity index (χ0n) is 9.65. The summed E-state index contributed by atoms with van der Waals surface area (Å²) >= 11 is 0. The van der Waals surface area contributed by atoms with E-state index in [9.17, 15) is 18.7 Å². The lowest BCUT2D eigenvalue weighted by atomic mass is 9.95. The van der Waals surface area contributed by atoms with Gasteiger partial charge in [0.25, 0.3) is 5.92 Å². The Morgan fingerprint density at radius 1 is 1.39 bits per heavy atom. The molecule has 1 aromatic heterocycles. The highest BCUT2D eigenvalue weighted by molar-refractivity contribution is 5.96. The minimum Gasteiger partial charge on any atom is -0.480 e. The summed E-state index contributed by atoms with van der Waals surface area (Å²) in [6.45, 7) is 0. The molecule has 2 aromatic rings. The lowest BCUT2D eigenvalue weighted by molar-refractivity contribution is -0.142. The smallest absolute Gasteiger partial charge is 0.320 e. The van der Waals surface area contributed by atoms with E-state index < -0.39 is 23.7 Å². The summed E-state index contributed by atoms with van der Waals surface area (Å²) in [7, 11) is 1.72. The third-order valence-corrected chi connectivity index (χ3v) is 3.71. The number of benzene rings is 1. The van der Waals surface area contributed by atoms with Crippen LogP contribution in [0.4, 0.5) is 8.78 Å². The van der Waals surface area contributed by atoms with E-state index >= 15 is 0 Å². The van der Waals surface area contributed by atoms with Gasteiger partial charge < -0.3 is 9.67 Å². The van der Waals surface area contributed by atoms with Crippen LogP contribution in [0.2, 0.25) is 0 Å². The number of para-hydroxylation sites is 1. The summed E-state index contributed by atoms with van der Waals surface area (Å²) in [6.07, 6.45) is 0.878. The number of hydrogen-bond donors (Lipinski definition) is 1. The molecule has 1 aliphatic carbocycles. The Labute approximate surface area is 102 Å². The van der Waals surface area contributed by atoms with Crippen molar-refractivity contribution in [3.63, 3.8) is 0 Å². The van der Waals surface area contributed by atoms with Crippen LogP contribution in [0.15, 0.2) is 30.5 Å². The van der Waals surface area contributed by atoms with Crippen molar-refractivity contribution < 1.29 is 18.7 Å². The number of nitrogens with zero attached hydrogens (tertiary/aromatic N) is 1. The maximum Gasteiger partial charge on any atom is 0.320 e. The van der Waals surface area contributed by atoms with Crippen LogP contribution in [0, 0.1) is 0 Å². The Balaban J connectivity index is 2.31. The van der Waals surface area contributed by atoms with Crippen LogP contribution in [0.5, 0.6) is 0 Å². The average molecular weight is 251 g/mol. The van der Waals surface area contributed by atoms with Gasteiger partial charge in [0, 0.05) is 36.1 Å². The summed E-state index contributed by atoms with van der Waals surface area (Å²) in [5, 5.41) is 9.76. The topological polar surface area (TPSA) is 42.2 Å². The van der Waals surface area contributed by atoms with Gasteiger partial charge in [-0.2, -0.15) is 0 Å². The van der Waals surface area contributed by atoms with E-state index in [0.717, 1.165) is 5.52 Å². The van der Waals surface area contributed by atoms with Crippen molar-refractivity contribution in [3.05, 3.63) is 36.0 Å². The Kier molecular flexibility index (Phi) is 1.93. The van der Waals surface area contributed by atoms with Gasteiger partial charge in [0.1, 0.15) is 0 Å². The number of alkyl halides is 2. The maximum absolute atomic E-state index is 13.5. The highest BCUT2D eigenvalue weighted by Gasteiger charge is 2.78. The molecule has 1 aromatic carbocycles. The summed E-state index contributed by atoms with van der Waals surface area (Å²) in [5.41, 5.74) is -1.08. The number of carboxylic acid groups (broad SMARTS) is 1. The first kappa shape index (κ1) is 11.2. The summed E-state index contributed by atoms with van der Waals surface area (Å²) in [5.74, 6) is -4.62. The third-order valence-electron chi connectivity index (χ3n) is 3.71. The van der Waals surface area contributed by atoms with Crippen molar-refractivity contribution in [3.8, 4) is 0 Å². The number of aliphatic carboxylic acids is 1. The first-order valence-corrected chi connectivity index (χ1v) is 5.56. The molecule has 18 heavy (non-hydrogen) atoms. The molecule has 0 aliphatic heterocycles. The molecule has 1 aliphatic rings. The van der Waals surface area contributed by atoms with Crippen molar-refractivity contribution in [2.45, 2.75) is 17.8 Å². The van der Waals surface area contributed by atoms with Gasteiger partial charge in [0.05, 0.1) is 0 Å². The molecule has 0 spiro atoms. The molecule has 1 fully saturated rings. The van der Waals surface area contributed by atoms with E-state index in [1.54, 1.807) is 35.9 Å². The second kappa shape index (κ2) is 3.10. The van der Waals surface area contributed by atoms with Gasteiger partial charge in [-0.05, 0) is 6.07 Å². The largest absolute Gasteiger partial charge is 0.480 e. The zero-order valence-corrected chi connectivity index (χ0v) is 9.65. The molecule has 1 atom stereocenters. The predicted molar refractivity (Wildman–Crippen MR) is 61.8 cm³/mol. The molecule has 3 nitrogen and oxygen atoms in total. The van der Waals surface area contributed by atoms with Crippen LogP contribution in [-0.4, -0.2) is 21.6 Å². The number of aromatic nitrogens is 1. The number of aryl methyl sites for hydroxylation is 1. The van der Waals surface area contributed by atoms with Crippen LogP contribution < -0.4 is 0 Å². The molecule has 1 N–H and O–H groups in total. The van der Waals surface area contributed by atoms with Crippen molar-refractivity contribution in [1.82, 2.24) is 4.57 Å². The van der Waals surface area contributed by atoms with Crippen LogP contribution >= 0.6 is 0 Å². The number of carboxylic acids is 1. The van der Waals surface area contributed by atoms with E-state index in [-0.39, 0.29) is 5.56 Å². The Bertz CT molecular complexity index is 662. The number of carbonyl (C=O) groups is 1. The SMILES string of the molecule is Cn1cc(C2(C(=O)O)CC2(F)F)c2ccccc21. The summed E-state index contributed by atoms with van der Waals surface area (Å²) in [4.78, 5) is 11.3. The van der Waals surface area contributed by atoms with Gasteiger partial charge in [-0.3, -0.25) is 4.79 Å². The second-order valence-corrected chi connectivity index (χ2v) is 4.76. The standard InChI is InChI=1S/C13H11F2NO2/c1-16-6-9(8-4-2-3-5-10(8)16)12(11(17)18)7-13(12,14)15/h2-6H,7H2,1H3,(H,17,18). The number of hydrogen-bond acceptors (Lipinski definition) is 1. The number of rotatable bonds is 2. The van der Waals surface area contributed by atoms with E-state index in [1.807, 2.05) is 0 Å². The lowest BCUT2D eigenvalue weighted by Crippen LogP contribution is -2.26. The van der Waals surface area contributed by atoms with Gasteiger partial charge in [-0.1, -0.05) is 18.2 Å². The predicted octanol–water partition coefficient (Wildman–Crippen LogP) is 2.54. The zero-order chi connectivity index (χ0) is 13.1. The molecule has 1 heterocycles. The van der Waals surface area contributed by atoms with Crippen LogP contribution in [0.1, 0.15) is 12.0 Å². The molecule has 0 bridgehead atoms. The van der Waals surface area contributed by atoms with Crippen LogP contribution in [0.3, 0.4) is 0 Å². The van der Waals surface area contributed by atoms with E-state index in [1.165, 1.54) is 6.20 Å². The molecule has 5 heteroatoms. The van der Waals surface area contributed by atoms with E-state index in [2.05, 4.69) is 0 Å². The van der Waals surface area contributed by atoms with Gasteiger partial charge >= 0.3 is 5.97 Å². The van der Waals surface area contributed by atoms with Gasteiger partial charge in [-0.25, -0.2) is 8.78 Å². The highest BCUT2D eigenvalue weighted by Crippen LogP contribution is 2.63. The third kappa shape index (κ3) is 1.14. The molecule has 0 amide bonds. The van der Waals surface area contributed by atoms with Crippen molar-refractivity contribution in [2.24, 2.45) is 7.05 Å². The molecule has 0 radical (unpaired) electrons. The lowest BCUT2D eigenvalue weighted by Gasteiger charge is -2.09. The Hall–Kier alpha value is -1.91. The normalized spacial score (nSPS) is 25.3. The quantitative estimate of drug-likeness (QED) is 0.891.